The van der Waals surface area contributed by atoms with Gasteiger partial charge in [0.1, 0.15) is 17.8 Å². The molecule has 0 aromatic carbocycles. The van der Waals surface area contributed by atoms with Crippen LogP contribution in [0.5, 0.6) is 0 Å². The molecule has 0 radical (unpaired) electrons. The van der Waals surface area contributed by atoms with E-state index in [1.54, 1.807) is 18.7 Å². The number of pyridine rings is 1. The number of nitrogens with one attached hydrogen (secondary N) is 1. The maximum atomic E-state index is 13.1. The summed E-state index contributed by atoms with van der Waals surface area (Å²) in [6, 6.07) is 3.91. The van der Waals surface area contributed by atoms with E-state index in [0.29, 0.717) is 29.7 Å². The van der Waals surface area contributed by atoms with Gasteiger partial charge in [0.05, 0.1) is 29.5 Å². The third kappa shape index (κ3) is 3.76. The number of rotatable bonds is 5. The molecule has 2 aliphatic rings. The lowest BCUT2D eigenvalue weighted by Crippen LogP contribution is -2.46. The SMILES string of the molecule is CC(=O)c1c([C@H]2C[C@H]3CC[C@@H](C2)N3C(=O)c2nnc[nH]2)nc2c(-c3ccc(-c4cn(C)cn4)nc3)cnn2c1N. The van der Waals surface area contributed by atoms with Gasteiger partial charge in [0.25, 0.3) is 5.91 Å². The fraction of sp³-hybridized carbons (Fsp3) is 0.333. The summed E-state index contributed by atoms with van der Waals surface area (Å²) in [5.41, 5.74) is 11.3. The number of carbonyl (C=O) groups is 2. The highest BCUT2D eigenvalue weighted by Crippen LogP contribution is 2.45. The van der Waals surface area contributed by atoms with Gasteiger partial charge in [0.2, 0.25) is 5.82 Å². The molecule has 13 nitrogen and oxygen atoms in total. The summed E-state index contributed by atoms with van der Waals surface area (Å²) >= 11 is 0. The number of piperidine rings is 1. The molecular weight excluding hydrogens is 510 g/mol. The number of fused-ring (bicyclic) bond motifs is 3. The molecule has 0 aliphatic carbocycles. The highest BCUT2D eigenvalue weighted by Gasteiger charge is 2.45. The second-order valence-corrected chi connectivity index (χ2v) is 10.6. The summed E-state index contributed by atoms with van der Waals surface area (Å²) in [7, 11) is 1.91. The Bertz CT molecular complexity index is 1740. The molecule has 202 valence electrons. The van der Waals surface area contributed by atoms with Gasteiger partial charge in [0, 0.05) is 48.6 Å². The van der Waals surface area contributed by atoms with Crippen molar-refractivity contribution in [2.45, 2.75) is 50.6 Å². The van der Waals surface area contributed by atoms with Gasteiger partial charge in [-0.25, -0.2) is 9.97 Å². The number of aromatic nitrogens is 9. The minimum absolute atomic E-state index is 0.0214. The Balaban J connectivity index is 1.26. The summed E-state index contributed by atoms with van der Waals surface area (Å²) in [6.45, 7) is 1.50. The van der Waals surface area contributed by atoms with Crippen molar-refractivity contribution in [3.8, 4) is 22.5 Å². The van der Waals surface area contributed by atoms with Gasteiger partial charge < -0.3 is 20.2 Å². The Morgan fingerprint density at radius 1 is 1.07 bits per heavy atom. The molecule has 0 unspecified atom stereocenters. The third-order valence-electron chi connectivity index (χ3n) is 8.08. The number of amides is 1. The zero-order valence-electron chi connectivity index (χ0n) is 22.0. The number of hydrogen-bond donors (Lipinski definition) is 2. The topological polar surface area (TPSA) is 166 Å². The van der Waals surface area contributed by atoms with Crippen LogP contribution < -0.4 is 5.73 Å². The van der Waals surface area contributed by atoms with Crippen molar-refractivity contribution in [3.63, 3.8) is 0 Å². The molecule has 1 amide bonds. The quantitative estimate of drug-likeness (QED) is 0.320. The molecule has 40 heavy (non-hydrogen) atoms. The van der Waals surface area contributed by atoms with Gasteiger partial charge in [-0.1, -0.05) is 6.07 Å². The summed E-state index contributed by atoms with van der Waals surface area (Å²) in [4.78, 5) is 44.8. The molecule has 2 aliphatic heterocycles. The molecule has 7 rings (SSSR count). The Morgan fingerprint density at radius 3 is 2.50 bits per heavy atom. The fourth-order valence-electron chi connectivity index (χ4n) is 6.31. The highest BCUT2D eigenvalue weighted by molar-refractivity contribution is 6.00. The van der Waals surface area contributed by atoms with Crippen molar-refractivity contribution in [3.05, 3.63) is 60.5 Å². The lowest BCUT2D eigenvalue weighted by atomic mass is 9.85. The number of ketones is 1. The summed E-state index contributed by atoms with van der Waals surface area (Å²) < 4.78 is 3.40. The van der Waals surface area contributed by atoms with E-state index in [2.05, 4.69) is 30.2 Å². The van der Waals surface area contributed by atoms with Crippen LogP contribution in [-0.2, 0) is 7.05 Å². The van der Waals surface area contributed by atoms with Crippen molar-refractivity contribution in [2.75, 3.05) is 5.73 Å². The van der Waals surface area contributed by atoms with Crippen LogP contribution in [0.25, 0.3) is 28.2 Å². The molecule has 13 heteroatoms. The van der Waals surface area contributed by atoms with E-state index in [9.17, 15) is 9.59 Å². The predicted molar refractivity (Wildman–Crippen MR) is 144 cm³/mol. The molecule has 2 bridgehead atoms. The minimum atomic E-state index is -0.159. The van der Waals surface area contributed by atoms with Gasteiger partial charge in [0.15, 0.2) is 11.4 Å². The standard InChI is InChI=1S/C27H27N11O2/c1-14(39)22-23(16-7-17-4-5-18(8-16)37(17)27(40)25-30-12-32-35-25)34-26-19(10-33-38(26)24(22)28)15-3-6-20(29-9-15)21-11-36(2)13-31-21/h3,6,9-13,16-18H,4-5,7-8,28H2,1-2H3,(H,30,32,35)/t16-,17+,18-. The third-order valence-corrected chi connectivity index (χ3v) is 8.08. The van der Waals surface area contributed by atoms with Crippen LogP contribution >= 0.6 is 0 Å². The summed E-state index contributed by atoms with van der Waals surface area (Å²) in [6.07, 6.45) is 11.7. The van der Waals surface area contributed by atoms with Crippen molar-refractivity contribution in [1.29, 1.82) is 0 Å². The molecule has 0 spiro atoms. The number of nitrogen functional groups attached to an aromatic ring is 1. The largest absolute Gasteiger partial charge is 0.383 e. The number of carbonyl (C=O) groups excluding carboxylic acids is 2. The Morgan fingerprint density at radius 2 is 1.88 bits per heavy atom. The second kappa shape index (κ2) is 9.07. The van der Waals surface area contributed by atoms with E-state index in [1.165, 1.54) is 17.8 Å². The van der Waals surface area contributed by atoms with Crippen LogP contribution in [0.2, 0.25) is 0 Å². The Hall–Kier alpha value is -4.94. The first-order valence-electron chi connectivity index (χ1n) is 13.2. The van der Waals surface area contributed by atoms with E-state index in [0.717, 1.165) is 35.4 Å². The number of aromatic amines is 1. The minimum Gasteiger partial charge on any atom is -0.383 e. The first-order valence-corrected chi connectivity index (χ1v) is 13.2. The van der Waals surface area contributed by atoms with Gasteiger partial charge in [-0.05, 0) is 38.7 Å². The van der Waals surface area contributed by atoms with E-state index >= 15 is 0 Å². The number of H-pyrrole nitrogens is 1. The summed E-state index contributed by atoms with van der Waals surface area (Å²) in [5.74, 6) is 0.181. The van der Waals surface area contributed by atoms with Crippen molar-refractivity contribution in [2.24, 2.45) is 7.05 Å². The number of nitrogens with two attached hydrogens (primary N) is 1. The van der Waals surface area contributed by atoms with Crippen LogP contribution in [0.3, 0.4) is 0 Å². The number of aryl methyl sites for hydroxylation is 1. The number of hydrogen-bond acceptors (Lipinski definition) is 9. The van der Waals surface area contributed by atoms with Gasteiger partial charge in [-0.15, -0.1) is 10.2 Å². The molecule has 3 N–H and O–H groups in total. The van der Waals surface area contributed by atoms with E-state index in [1.807, 2.05) is 34.8 Å². The highest BCUT2D eigenvalue weighted by atomic mass is 16.2. The van der Waals surface area contributed by atoms with Crippen LogP contribution in [0, 0.1) is 0 Å². The number of anilines is 1. The zero-order chi connectivity index (χ0) is 27.5. The number of nitrogens with zero attached hydrogens (tertiary/aromatic N) is 9. The first kappa shape index (κ1) is 24.1. The maximum Gasteiger partial charge on any atom is 0.292 e. The number of imidazole rings is 1. The zero-order valence-corrected chi connectivity index (χ0v) is 22.0. The van der Waals surface area contributed by atoms with E-state index in [-0.39, 0.29) is 41.3 Å². The Kier molecular flexibility index (Phi) is 5.47. The molecular formula is C27H27N11O2. The van der Waals surface area contributed by atoms with E-state index < -0.39 is 0 Å². The van der Waals surface area contributed by atoms with Crippen molar-refractivity contribution in [1.82, 2.24) is 49.2 Å². The first-order chi connectivity index (χ1) is 19.4. The van der Waals surface area contributed by atoms with E-state index in [4.69, 9.17) is 10.7 Å². The van der Waals surface area contributed by atoms with Crippen LogP contribution in [0.4, 0.5) is 5.82 Å². The average molecular weight is 538 g/mol. The molecule has 3 atom stereocenters. The lowest BCUT2D eigenvalue weighted by Gasteiger charge is -2.38. The van der Waals surface area contributed by atoms with Gasteiger partial charge in [-0.3, -0.25) is 14.6 Å². The monoisotopic (exact) mass is 537 g/mol. The molecule has 7 heterocycles. The van der Waals surface area contributed by atoms with Crippen LogP contribution in [-0.4, -0.2) is 73.0 Å². The summed E-state index contributed by atoms with van der Waals surface area (Å²) in [5, 5.41) is 12.2. The molecule has 2 saturated heterocycles. The fourth-order valence-corrected chi connectivity index (χ4v) is 6.31. The smallest absolute Gasteiger partial charge is 0.292 e. The van der Waals surface area contributed by atoms with Gasteiger partial charge >= 0.3 is 0 Å². The van der Waals surface area contributed by atoms with Gasteiger partial charge in [-0.2, -0.15) is 9.61 Å². The number of Topliss-reactive ketones (excluding diaryl/α,β-unsaturated/α-hetero) is 1. The molecule has 5 aromatic rings. The molecule has 0 saturated carbocycles. The Labute approximate surface area is 228 Å². The average Bonchev–Trinajstić information content (AvgIpc) is 3.75. The molecule has 5 aromatic heterocycles. The predicted octanol–water partition coefficient (Wildman–Crippen LogP) is 2.65. The van der Waals surface area contributed by atoms with Crippen molar-refractivity contribution < 1.29 is 9.59 Å². The van der Waals surface area contributed by atoms with Crippen LogP contribution in [0.15, 0.2) is 43.4 Å². The normalized spacial score (nSPS) is 20.4. The molecule has 2 fully saturated rings. The second-order valence-electron chi connectivity index (χ2n) is 10.6. The lowest BCUT2D eigenvalue weighted by molar-refractivity contribution is 0.0556. The van der Waals surface area contributed by atoms with Crippen LogP contribution in [0.1, 0.15) is 65.2 Å². The van der Waals surface area contributed by atoms with Crippen molar-refractivity contribution >= 4 is 23.2 Å². The maximum absolute atomic E-state index is 13.1.